The van der Waals surface area contributed by atoms with Crippen LogP contribution in [0.4, 0.5) is 4.39 Å². The van der Waals surface area contributed by atoms with Crippen LogP contribution in [0.2, 0.25) is 0 Å². The van der Waals surface area contributed by atoms with Crippen LogP contribution in [-0.2, 0) is 13.1 Å². The van der Waals surface area contributed by atoms with E-state index < -0.39 is 0 Å². The molecule has 2 aromatic carbocycles. The van der Waals surface area contributed by atoms with Crippen molar-refractivity contribution in [3.63, 3.8) is 0 Å². The lowest BCUT2D eigenvalue weighted by Gasteiger charge is -2.13. The smallest absolute Gasteiger partial charge is 0.210 e. The number of para-hydroxylation sites is 3. The third-order valence-electron chi connectivity index (χ3n) is 4.82. The number of hydrogen-bond acceptors (Lipinski definition) is 3. The zero-order valence-electron chi connectivity index (χ0n) is 15.2. The molecule has 2 heterocycles. The van der Waals surface area contributed by atoms with Crippen LogP contribution < -0.4 is 5.43 Å². The summed E-state index contributed by atoms with van der Waals surface area (Å²) in [6.45, 7) is 2.57. The number of aromatic nitrogens is 4. The van der Waals surface area contributed by atoms with Crippen LogP contribution in [0, 0.1) is 6.92 Å². The van der Waals surface area contributed by atoms with E-state index in [1.54, 1.807) is 6.92 Å². The summed E-state index contributed by atoms with van der Waals surface area (Å²) < 4.78 is 16.5. The molecule has 0 aliphatic carbocycles. The van der Waals surface area contributed by atoms with Crippen LogP contribution in [0.5, 0.6) is 0 Å². The molecule has 4 aromatic rings. The fourth-order valence-corrected chi connectivity index (χ4v) is 3.48. The Bertz CT molecular complexity index is 1160. The van der Waals surface area contributed by atoms with Crippen LogP contribution in [0.15, 0.2) is 53.3 Å². The van der Waals surface area contributed by atoms with E-state index >= 15 is 0 Å². The molecule has 0 aliphatic rings. The monoisotopic (exact) mass is 364 g/mol. The van der Waals surface area contributed by atoms with Crippen LogP contribution >= 0.6 is 0 Å². The van der Waals surface area contributed by atoms with Crippen molar-refractivity contribution >= 4 is 21.9 Å². The zero-order valence-corrected chi connectivity index (χ0v) is 15.2. The highest BCUT2D eigenvalue weighted by molar-refractivity contribution is 5.79. The molecule has 6 heteroatoms. The SMILES string of the molecule is Cc1nn(Cc2nc3ccccc3n2CCCCF)c2ccccc2c1=O. The predicted molar refractivity (Wildman–Crippen MR) is 105 cm³/mol. The Hall–Kier alpha value is -3.02. The summed E-state index contributed by atoms with van der Waals surface area (Å²) >= 11 is 0. The first-order valence-corrected chi connectivity index (χ1v) is 9.15. The summed E-state index contributed by atoms with van der Waals surface area (Å²) in [5.41, 5.74) is 3.16. The third kappa shape index (κ3) is 3.23. The van der Waals surface area contributed by atoms with Crippen molar-refractivity contribution in [2.45, 2.75) is 32.9 Å². The Morgan fingerprint density at radius 2 is 1.74 bits per heavy atom. The molecule has 0 aliphatic heterocycles. The Morgan fingerprint density at radius 3 is 2.56 bits per heavy atom. The van der Waals surface area contributed by atoms with Gasteiger partial charge in [-0.1, -0.05) is 24.3 Å². The van der Waals surface area contributed by atoms with Gasteiger partial charge in [-0.25, -0.2) is 4.98 Å². The fourth-order valence-electron chi connectivity index (χ4n) is 3.48. The summed E-state index contributed by atoms with van der Waals surface area (Å²) in [4.78, 5) is 17.2. The average molecular weight is 364 g/mol. The minimum absolute atomic E-state index is 0.0432. The van der Waals surface area contributed by atoms with Crippen molar-refractivity contribution in [2.75, 3.05) is 6.67 Å². The van der Waals surface area contributed by atoms with E-state index in [-0.39, 0.29) is 12.1 Å². The lowest BCUT2D eigenvalue weighted by atomic mass is 10.2. The second kappa shape index (κ2) is 7.31. The second-order valence-electron chi connectivity index (χ2n) is 6.65. The van der Waals surface area contributed by atoms with E-state index in [0.717, 1.165) is 28.8 Å². The molecular weight excluding hydrogens is 343 g/mol. The van der Waals surface area contributed by atoms with Crippen molar-refractivity contribution in [2.24, 2.45) is 0 Å². The highest BCUT2D eigenvalue weighted by Gasteiger charge is 2.14. The maximum absolute atomic E-state index is 12.6. The van der Waals surface area contributed by atoms with E-state index in [0.29, 0.717) is 30.6 Å². The summed E-state index contributed by atoms with van der Waals surface area (Å²) in [6, 6.07) is 15.4. The summed E-state index contributed by atoms with van der Waals surface area (Å²) in [6.07, 6.45) is 1.28. The Morgan fingerprint density at radius 1 is 1.00 bits per heavy atom. The number of imidazole rings is 1. The van der Waals surface area contributed by atoms with Gasteiger partial charge in [-0.3, -0.25) is 13.9 Å². The molecule has 0 bridgehead atoms. The average Bonchev–Trinajstić information content (AvgIpc) is 3.03. The van der Waals surface area contributed by atoms with Gasteiger partial charge in [-0.15, -0.1) is 0 Å². The molecule has 0 saturated carbocycles. The fraction of sp³-hybridized carbons (Fsp3) is 0.286. The molecule has 0 saturated heterocycles. The quantitative estimate of drug-likeness (QED) is 0.488. The molecule has 0 radical (unpaired) electrons. The number of nitrogens with zero attached hydrogens (tertiary/aromatic N) is 4. The number of rotatable bonds is 6. The standard InChI is InChI=1S/C21H21FN4O/c1-15-21(27)16-8-2-4-10-18(16)26(24-15)14-20-23-17-9-3-5-11-19(17)25(20)13-7-6-12-22/h2-5,8-11H,6-7,12-14H2,1H3. The lowest BCUT2D eigenvalue weighted by Crippen LogP contribution is -2.19. The maximum atomic E-state index is 12.6. The van der Waals surface area contributed by atoms with Gasteiger partial charge in [0.05, 0.1) is 29.8 Å². The van der Waals surface area contributed by atoms with Crippen molar-refractivity contribution in [3.8, 4) is 0 Å². The van der Waals surface area contributed by atoms with Gasteiger partial charge in [0.2, 0.25) is 5.43 Å². The number of aryl methyl sites for hydroxylation is 2. The largest absolute Gasteiger partial charge is 0.326 e. The molecule has 5 nitrogen and oxygen atoms in total. The van der Waals surface area contributed by atoms with Crippen molar-refractivity contribution in [3.05, 3.63) is 70.3 Å². The first-order chi connectivity index (χ1) is 13.2. The Kier molecular flexibility index (Phi) is 4.71. The summed E-state index contributed by atoms with van der Waals surface area (Å²) in [5, 5.41) is 5.15. The first kappa shape index (κ1) is 17.4. The third-order valence-corrected chi connectivity index (χ3v) is 4.82. The molecule has 0 spiro atoms. The Labute approximate surface area is 156 Å². The first-order valence-electron chi connectivity index (χ1n) is 9.15. The zero-order chi connectivity index (χ0) is 18.8. The summed E-state index contributed by atoms with van der Waals surface area (Å²) in [7, 11) is 0. The van der Waals surface area contributed by atoms with E-state index in [1.165, 1.54) is 0 Å². The summed E-state index contributed by atoms with van der Waals surface area (Å²) in [5.74, 6) is 0.857. The van der Waals surface area contributed by atoms with Crippen LogP contribution in [0.25, 0.3) is 21.9 Å². The van der Waals surface area contributed by atoms with Gasteiger partial charge in [-0.05, 0) is 44.0 Å². The number of halogens is 1. The van der Waals surface area contributed by atoms with Gasteiger partial charge in [0.15, 0.2) is 0 Å². The number of fused-ring (bicyclic) bond motifs is 2. The minimum atomic E-state index is -0.312. The van der Waals surface area contributed by atoms with Crippen molar-refractivity contribution < 1.29 is 4.39 Å². The maximum Gasteiger partial charge on any atom is 0.210 e. The van der Waals surface area contributed by atoms with E-state index in [1.807, 2.05) is 53.2 Å². The molecule has 138 valence electrons. The van der Waals surface area contributed by atoms with Gasteiger partial charge in [-0.2, -0.15) is 5.10 Å². The van der Waals surface area contributed by atoms with Crippen molar-refractivity contribution in [1.82, 2.24) is 19.3 Å². The normalized spacial score (nSPS) is 11.5. The number of unbranched alkanes of at least 4 members (excludes halogenated alkanes) is 1. The molecule has 0 N–H and O–H groups in total. The topological polar surface area (TPSA) is 52.7 Å². The van der Waals surface area contributed by atoms with Gasteiger partial charge in [0.25, 0.3) is 0 Å². The predicted octanol–water partition coefficient (Wildman–Crippen LogP) is 3.85. The molecule has 27 heavy (non-hydrogen) atoms. The Balaban J connectivity index is 1.82. The van der Waals surface area contributed by atoms with E-state index in [4.69, 9.17) is 4.98 Å². The van der Waals surface area contributed by atoms with E-state index in [2.05, 4.69) is 9.67 Å². The number of benzene rings is 2. The van der Waals surface area contributed by atoms with Crippen LogP contribution in [0.1, 0.15) is 24.4 Å². The molecular formula is C21H21FN4O. The molecule has 4 rings (SSSR count). The molecule has 2 aromatic heterocycles. The van der Waals surface area contributed by atoms with Gasteiger partial charge in [0.1, 0.15) is 11.5 Å². The molecule has 0 fully saturated rings. The minimum Gasteiger partial charge on any atom is -0.326 e. The van der Waals surface area contributed by atoms with Gasteiger partial charge in [0, 0.05) is 11.9 Å². The highest BCUT2D eigenvalue weighted by Crippen LogP contribution is 2.19. The van der Waals surface area contributed by atoms with E-state index in [9.17, 15) is 9.18 Å². The molecule has 0 atom stereocenters. The number of hydrogen-bond donors (Lipinski definition) is 0. The number of alkyl halides is 1. The second-order valence-corrected chi connectivity index (χ2v) is 6.65. The lowest BCUT2D eigenvalue weighted by molar-refractivity contribution is 0.445. The van der Waals surface area contributed by atoms with Crippen LogP contribution in [-0.4, -0.2) is 26.0 Å². The van der Waals surface area contributed by atoms with Gasteiger partial charge < -0.3 is 4.57 Å². The molecule has 0 amide bonds. The van der Waals surface area contributed by atoms with Gasteiger partial charge >= 0.3 is 0 Å². The highest BCUT2D eigenvalue weighted by atomic mass is 19.1. The molecule has 0 unspecified atom stereocenters. The van der Waals surface area contributed by atoms with Crippen LogP contribution in [0.3, 0.4) is 0 Å². The van der Waals surface area contributed by atoms with Crippen molar-refractivity contribution in [1.29, 1.82) is 0 Å².